The summed E-state index contributed by atoms with van der Waals surface area (Å²) in [5.74, 6) is 2.22. The maximum absolute atomic E-state index is 5.41. The standard InChI is InChI=1S/C13H23N3O2/c1-3-5-12-14-13(18-15-12)9-16(4-2)8-11-6-7-17-10-11/h11H,3-10H2,1-2H3/t11-/m1/s1. The van der Waals surface area contributed by atoms with Gasteiger partial charge >= 0.3 is 0 Å². The molecule has 1 aliphatic rings. The van der Waals surface area contributed by atoms with Crippen LogP contribution in [0.15, 0.2) is 4.52 Å². The lowest BCUT2D eigenvalue weighted by molar-refractivity contribution is 0.160. The van der Waals surface area contributed by atoms with E-state index in [0.717, 1.165) is 57.4 Å². The first kappa shape index (κ1) is 13.5. The molecule has 1 fully saturated rings. The zero-order valence-electron chi connectivity index (χ0n) is 11.4. The minimum Gasteiger partial charge on any atom is -0.381 e. The van der Waals surface area contributed by atoms with E-state index in [1.54, 1.807) is 0 Å². The Morgan fingerprint density at radius 3 is 2.94 bits per heavy atom. The smallest absolute Gasteiger partial charge is 0.240 e. The number of ether oxygens (including phenoxy) is 1. The Balaban J connectivity index is 1.83. The lowest BCUT2D eigenvalue weighted by Crippen LogP contribution is -2.29. The highest BCUT2D eigenvalue weighted by molar-refractivity contribution is 4.86. The Labute approximate surface area is 108 Å². The van der Waals surface area contributed by atoms with Crippen molar-refractivity contribution in [3.63, 3.8) is 0 Å². The van der Waals surface area contributed by atoms with Gasteiger partial charge in [0.25, 0.3) is 0 Å². The number of aryl methyl sites for hydroxylation is 1. The topological polar surface area (TPSA) is 51.4 Å². The van der Waals surface area contributed by atoms with Crippen molar-refractivity contribution in [3.8, 4) is 0 Å². The van der Waals surface area contributed by atoms with E-state index in [1.165, 1.54) is 6.42 Å². The van der Waals surface area contributed by atoms with Crippen LogP contribution in [0.25, 0.3) is 0 Å². The van der Waals surface area contributed by atoms with Crippen molar-refractivity contribution >= 4 is 0 Å². The van der Waals surface area contributed by atoms with Crippen LogP contribution in [0.2, 0.25) is 0 Å². The Hall–Kier alpha value is -0.940. The van der Waals surface area contributed by atoms with Gasteiger partial charge in [-0.1, -0.05) is 19.0 Å². The van der Waals surface area contributed by atoms with Crippen LogP contribution in [-0.4, -0.2) is 41.3 Å². The summed E-state index contributed by atoms with van der Waals surface area (Å²) < 4.78 is 10.7. The van der Waals surface area contributed by atoms with Gasteiger partial charge < -0.3 is 9.26 Å². The highest BCUT2D eigenvalue weighted by Crippen LogP contribution is 2.15. The van der Waals surface area contributed by atoms with Crippen LogP contribution in [0.4, 0.5) is 0 Å². The van der Waals surface area contributed by atoms with Crippen LogP contribution in [0, 0.1) is 5.92 Å². The minimum absolute atomic E-state index is 0.656. The molecule has 1 aromatic rings. The number of hydrogen-bond donors (Lipinski definition) is 0. The second kappa shape index (κ2) is 6.85. The van der Waals surface area contributed by atoms with E-state index in [2.05, 4.69) is 28.9 Å². The normalized spacial score (nSPS) is 19.8. The van der Waals surface area contributed by atoms with Crippen LogP contribution >= 0.6 is 0 Å². The third kappa shape index (κ3) is 3.78. The Morgan fingerprint density at radius 1 is 1.39 bits per heavy atom. The van der Waals surface area contributed by atoms with Crippen molar-refractivity contribution in [2.45, 2.75) is 39.7 Å². The molecule has 0 spiro atoms. The van der Waals surface area contributed by atoms with Crippen molar-refractivity contribution < 1.29 is 9.26 Å². The molecule has 0 radical (unpaired) electrons. The molecule has 0 saturated carbocycles. The molecule has 18 heavy (non-hydrogen) atoms. The highest BCUT2D eigenvalue weighted by Gasteiger charge is 2.19. The summed E-state index contributed by atoms with van der Waals surface area (Å²) in [6, 6.07) is 0. The van der Waals surface area contributed by atoms with Crippen LogP contribution in [-0.2, 0) is 17.7 Å². The molecule has 5 heteroatoms. The highest BCUT2D eigenvalue weighted by atomic mass is 16.5. The summed E-state index contributed by atoms with van der Waals surface area (Å²) in [6.45, 7) is 8.89. The van der Waals surface area contributed by atoms with Crippen molar-refractivity contribution in [3.05, 3.63) is 11.7 Å². The molecule has 2 rings (SSSR count). The zero-order chi connectivity index (χ0) is 12.8. The molecule has 0 bridgehead atoms. The van der Waals surface area contributed by atoms with Gasteiger partial charge in [-0.05, 0) is 25.3 Å². The average Bonchev–Trinajstić information content (AvgIpc) is 3.01. The second-order valence-corrected chi connectivity index (χ2v) is 4.91. The third-order valence-electron chi connectivity index (χ3n) is 3.33. The van der Waals surface area contributed by atoms with Crippen LogP contribution in [0.3, 0.4) is 0 Å². The van der Waals surface area contributed by atoms with Crippen LogP contribution in [0.5, 0.6) is 0 Å². The summed E-state index contributed by atoms with van der Waals surface area (Å²) in [6.07, 6.45) is 3.11. The van der Waals surface area contributed by atoms with E-state index >= 15 is 0 Å². The van der Waals surface area contributed by atoms with Gasteiger partial charge in [0, 0.05) is 19.6 Å². The fourth-order valence-electron chi connectivity index (χ4n) is 2.27. The zero-order valence-corrected chi connectivity index (χ0v) is 11.4. The first-order valence-corrected chi connectivity index (χ1v) is 6.93. The van der Waals surface area contributed by atoms with Gasteiger partial charge in [-0.3, -0.25) is 4.90 Å². The van der Waals surface area contributed by atoms with Gasteiger partial charge in [0.1, 0.15) is 0 Å². The van der Waals surface area contributed by atoms with Gasteiger partial charge in [-0.25, -0.2) is 0 Å². The summed E-state index contributed by atoms with van der Waals surface area (Å²) in [7, 11) is 0. The molecule has 102 valence electrons. The van der Waals surface area contributed by atoms with Gasteiger partial charge in [0.05, 0.1) is 13.2 Å². The van der Waals surface area contributed by atoms with Gasteiger partial charge in [0.2, 0.25) is 5.89 Å². The van der Waals surface area contributed by atoms with Crippen molar-refractivity contribution in [1.82, 2.24) is 15.0 Å². The first-order chi connectivity index (χ1) is 8.81. The summed E-state index contributed by atoms with van der Waals surface area (Å²) >= 11 is 0. The van der Waals surface area contributed by atoms with E-state index in [1.807, 2.05) is 0 Å². The molecule has 1 saturated heterocycles. The molecule has 0 amide bonds. The number of rotatable bonds is 7. The summed E-state index contributed by atoms with van der Waals surface area (Å²) in [5, 5.41) is 3.99. The van der Waals surface area contributed by atoms with Gasteiger partial charge in [0.15, 0.2) is 5.82 Å². The van der Waals surface area contributed by atoms with E-state index in [9.17, 15) is 0 Å². The van der Waals surface area contributed by atoms with Crippen molar-refractivity contribution in [2.75, 3.05) is 26.3 Å². The fourth-order valence-corrected chi connectivity index (χ4v) is 2.27. The van der Waals surface area contributed by atoms with E-state index < -0.39 is 0 Å². The molecule has 1 aliphatic heterocycles. The lowest BCUT2D eigenvalue weighted by atomic mass is 10.1. The molecular formula is C13H23N3O2. The first-order valence-electron chi connectivity index (χ1n) is 6.93. The number of nitrogens with zero attached hydrogens (tertiary/aromatic N) is 3. The maximum Gasteiger partial charge on any atom is 0.240 e. The third-order valence-corrected chi connectivity index (χ3v) is 3.33. The predicted molar refractivity (Wildman–Crippen MR) is 68.2 cm³/mol. The summed E-state index contributed by atoms with van der Waals surface area (Å²) in [5.41, 5.74) is 0. The van der Waals surface area contributed by atoms with Crippen molar-refractivity contribution in [2.24, 2.45) is 5.92 Å². The lowest BCUT2D eigenvalue weighted by Gasteiger charge is -2.21. The molecular weight excluding hydrogens is 230 g/mol. The molecule has 0 N–H and O–H groups in total. The molecule has 5 nitrogen and oxygen atoms in total. The average molecular weight is 253 g/mol. The SMILES string of the molecule is CCCc1noc(CN(CC)C[C@H]2CCOC2)n1. The Morgan fingerprint density at radius 2 is 2.28 bits per heavy atom. The predicted octanol–water partition coefficient (Wildman–Crippen LogP) is 1.88. The summed E-state index contributed by atoms with van der Waals surface area (Å²) in [4.78, 5) is 6.76. The van der Waals surface area contributed by atoms with Gasteiger partial charge in [-0.15, -0.1) is 0 Å². The van der Waals surface area contributed by atoms with E-state index in [-0.39, 0.29) is 0 Å². The fraction of sp³-hybridized carbons (Fsp3) is 0.846. The molecule has 0 aromatic carbocycles. The van der Waals surface area contributed by atoms with Crippen LogP contribution < -0.4 is 0 Å². The van der Waals surface area contributed by atoms with E-state index in [0.29, 0.717) is 5.92 Å². The second-order valence-electron chi connectivity index (χ2n) is 4.91. The molecule has 0 aliphatic carbocycles. The van der Waals surface area contributed by atoms with Gasteiger partial charge in [-0.2, -0.15) is 4.98 Å². The largest absolute Gasteiger partial charge is 0.381 e. The number of hydrogen-bond acceptors (Lipinski definition) is 5. The molecule has 1 aromatic heterocycles. The molecule has 1 atom stereocenters. The molecule has 2 heterocycles. The Kier molecular flexibility index (Phi) is 5.13. The maximum atomic E-state index is 5.41. The Bertz CT molecular complexity index is 348. The molecule has 0 unspecified atom stereocenters. The minimum atomic E-state index is 0.656. The quantitative estimate of drug-likeness (QED) is 0.742. The van der Waals surface area contributed by atoms with Crippen molar-refractivity contribution in [1.29, 1.82) is 0 Å². The van der Waals surface area contributed by atoms with Crippen LogP contribution in [0.1, 0.15) is 38.4 Å². The monoisotopic (exact) mass is 253 g/mol. The van der Waals surface area contributed by atoms with E-state index in [4.69, 9.17) is 9.26 Å². The number of aromatic nitrogens is 2.